The van der Waals surface area contributed by atoms with Gasteiger partial charge in [-0.2, -0.15) is 0 Å². The van der Waals surface area contributed by atoms with Gasteiger partial charge < -0.3 is 15.0 Å². The summed E-state index contributed by atoms with van der Waals surface area (Å²) in [5, 5.41) is 4.85. The number of thioether (sulfide) groups is 1. The average Bonchev–Trinajstić information content (AvgIpc) is 3.51. The van der Waals surface area contributed by atoms with E-state index in [0.29, 0.717) is 22.2 Å². The van der Waals surface area contributed by atoms with Crippen LogP contribution in [0.25, 0.3) is 10.8 Å². The lowest BCUT2D eigenvalue weighted by Crippen LogP contribution is -2.32. The van der Waals surface area contributed by atoms with E-state index in [1.165, 1.54) is 16.7 Å². The summed E-state index contributed by atoms with van der Waals surface area (Å²) in [6.45, 7) is -0.185. The zero-order valence-electron chi connectivity index (χ0n) is 22.0. The van der Waals surface area contributed by atoms with E-state index in [1.807, 2.05) is 60.7 Å². The summed E-state index contributed by atoms with van der Waals surface area (Å²) in [7, 11) is 0. The number of amides is 3. The van der Waals surface area contributed by atoms with Crippen molar-refractivity contribution in [2.75, 3.05) is 16.8 Å². The molecule has 0 saturated carbocycles. The van der Waals surface area contributed by atoms with Crippen LogP contribution in [0.1, 0.15) is 16.4 Å². The van der Waals surface area contributed by atoms with Crippen molar-refractivity contribution in [2.45, 2.75) is 16.2 Å². The van der Waals surface area contributed by atoms with E-state index in [1.54, 1.807) is 36.4 Å². The Hall–Kier alpha value is -4.67. The molecule has 3 atom stereocenters. The number of thiazole rings is 1. The van der Waals surface area contributed by atoms with Crippen LogP contribution in [0.4, 0.5) is 11.4 Å². The largest absolute Gasteiger partial charge is 0.484 e. The van der Waals surface area contributed by atoms with Crippen LogP contribution in [-0.2, 0) is 14.4 Å². The molecular formula is C32H23N3O5S2. The number of aromatic amines is 1. The first-order valence-corrected chi connectivity index (χ1v) is 15.0. The van der Waals surface area contributed by atoms with Crippen LogP contribution in [0.2, 0.25) is 0 Å². The number of nitrogens with zero attached hydrogens (tertiary/aromatic N) is 1. The number of H-pyrrole nitrogens is 1. The third-order valence-electron chi connectivity index (χ3n) is 7.51. The van der Waals surface area contributed by atoms with Crippen molar-refractivity contribution in [3.63, 3.8) is 0 Å². The summed E-state index contributed by atoms with van der Waals surface area (Å²) in [6.07, 6.45) is 0. The van der Waals surface area contributed by atoms with Gasteiger partial charge in [0, 0.05) is 21.9 Å². The Bertz CT molecular complexity index is 1900. The van der Waals surface area contributed by atoms with Crippen LogP contribution >= 0.6 is 23.1 Å². The van der Waals surface area contributed by atoms with Gasteiger partial charge in [-0.25, -0.2) is 4.90 Å². The van der Waals surface area contributed by atoms with Crippen LogP contribution < -0.4 is 19.8 Å². The van der Waals surface area contributed by atoms with Gasteiger partial charge in [-0.3, -0.25) is 19.2 Å². The number of carbonyl (C=O) groups excluding carboxylic acids is 3. The molecule has 0 radical (unpaired) electrons. The Balaban J connectivity index is 1.12. The number of fused-ring (bicyclic) bond motifs is 3. The average molecular weight is 594 g/mol. The van der Waals surface area contributed by atoms with E-state index in [4.69, 9.17) is 4.74 Å². The highest BCUT2D eigenvalue weighted by molar-refractivity contribution is 8.00. The van der Waals surface area contributed by atoms with Crippen LogP contribution in [0.5, 0.6) is 5.75 Å². The zero-order chi connectivity index (χ0) is 28.8. The highest BCUT2D eigenvalue weighted by Crippen LogP contribution is 2.53. The van der Waals surface area contributed by atoms with Gasteiger partial charge in [0.1, 0.15) is 11.0 Å². The first-order valence-electron chi connectivity index (χ1n) is 13.3. The molecule has 3 amide bonds. The summed E-state index contributed by atoms with van der Waals surface area (Å²) < 4.78 is 5.77. The number of hydrogen-bond acceptors (Lipinski definition) is 7. The highest BCUT2D eigenvalue weighted by atomic mass is 32.2. The Morgan fingerprint density at radius 2 is 1.60 bits per heavy atom. The zero-order valence-corrected chi connectivity index (χ0v) is 23.6. The second-order valence-electron chi connectivity index (χ2n) is 10.0. The summed E-state index contributed by atoms with van der Waals surface area (Å²) in [4.78, 5) is 56.9. The minimum absolute atomic E-state index is 0.185. The third kappa shape index (κ3) is 4.58. The van der Waals surface area contributed by atoms with Gasteiger partial charge in [-0.15, -0.1) is 0 Å². The van der Waals surface area contributed by atoms with Crippen LogP contribution in [-0.4, -0.2) is 34.6 Å². The second kappa shape index (κ2) is 10.6. The number of ether oxygens (including phenoxy) is 1. The Labute approximate surface area is 248 Å². The SMILES string of the molecule is O=C(COc1ccc([C@H]2c3sc(=O)[nH]c3SC3C(=O)N(c4ccccc4)C(=O)C32)cc1)Nc1cccc2ccccc12. The summed E-state index contributed by atoms with van der Waals surface area (Å²) >= 11 is 2.31. The van der Waals surface area contributed by atoms with Crippen LogP contribution in [0.15, 0.2) is 107 Å². The van der Waals surface area contributed by atoms with Gasteiger partial charge in [-0.05, 0) is 41.3 Å². The molecule has 42 heavy (non-hydrogen) atoms. The smallest absolute Gasteiger partial charge is 0.305 e. The molecule has 0 aliphatic carbocycles. The monoisotopic (exact) mass is 593 g/mol. The molecule has 0 spiro atoms. The minimum atomic E-state index is -0.667. The lowest BCUT2D eigenvalue weighted by atomic mass is 9.83. The van der Waals surface area contributed by atoms with Crippen molar-refractivity contribution in [2.24, 2.45) is 5.92 Å². The number of benzene rings is 4. The quantitative estimate of drug-likeness (QED) is 0.255. The fraction of sp³-hybridized carbons (Fsp3) is 0.125. The van der Waals surface area contributed by atoms with Crippen molar-refractivity contribution in [3.05, 3.63) is 117 Å². The molecule has 2 unspecified atom stereocenters. The number of carbonyl (C=O) groups is 3. The number of nitrogens with one attached hydrogen (secondary N) is 2. The molecular weight excluding hydrogens is 571 g/mol. The molecule has 1 aromatic heterocycles. The molecule has 3 heterocycles. The molecule has 10 heteroatoms. The van der Waals surface area contributed by atoms with Gasteiger partial charge >= 0.3 is 4.87 Å². The van der Waals surface area contributed by atoms with E-state index in [-0.39, 0.29) is 29.2 Å². The minimum Gasteiger partial charge on any atom is -0.484 e. The third-order valence-corrected chi connectivity index (χ3v) is 9.91. The van der Waals surface area contributed by atoms with Crippen molar-refractivity contribution in [1.82, 2.24) is 4.98 Å². The predicted molar refractivity (Wildman–Crippen MR) is 163 cm³/mol. The molecule has 208 valence electrons. The molecule has 0 bridgehead atoms. The number of imide groups is 1. The first kappa shape index (κ1) is 26.2. The number of hydrogen-bond donors (Lipinski definition) is 2. The van der Waals surface area contributed by atoms with Gasteiger partial charge in [0.15, 0.2) is 6.61 Å². The number of para-hydroxylation sites is 1. The van der Waals surface area contributed by atoms with E-state index < -0.39 is 17.1 Å². The highest BCUT2D eigenvalue weighted by Gasteiger charge is 2.56. The molecule has 2 N–H and O–H groups in total. The fourth-order valence-corrected chi connectivity index (χ4v) is 8.16. The molecule has 8 nitrogen and oxygen atoms in total. The van der Waals surface area contributed by atoms with Gasteiger partial charge in [0.25, 0.3) is 5.91 Å². The van der Waals surface area contributed by atoms with Gasteiger partial charge in [0.05, 0.1) is 16.6 Å². The molecule has 2 aliphatic rings. The van der Waals surface area contributed by atoms with Crippen molar-refractivity contribution < 1.29 is 19.1 Å². The molecule has 1 fully saturated rings. The fourth-order valence-electron chi connectivity index (χ4n) is 5.65. The van der Waals surface area contributed by atoms with Crippen molar-refractivity contribution >= 4 is 63.0 Å². The van der Waals surface area contributed by atoms with E-state index in [2.05, 4.69) is 10.3 Å². The maximum Gasteiger partial charge on any atom is 0.305 e. The lowest BCUT2D eigenvalue weighted by molar-refractivity contribution is -0.122. The second-order valence-corrected chi connectivity index (χ2v) is 12.2. The standard InChI is InChI=1S/C32H23N3O5S2/c36-24(33-23-12-6-8-18-7-4-5-11-22(18)23)17-40-21-15-13-19(14-16-21)25-26-28(41-29-27(25)42-32(39)34-29)31(38)35(30(26)37)20-9-2-1-3-10-20/h1-16,25-26,28H,17H2,(H,33,36)(H,34,39)/t25-,26?,28?/m1/s1. The molecule has 2 aliphatic heterocycles. The number of rotatable bonds is 6. The molecule has 1 saturated heterocycles. The van der Waals surface area contributed by atoms with Gasteiger partial charge in [0.2, 0.25) is 11.8 Å². The van der Waals surface area contributed by atoms with Crippen molar-refractivity contribution in [3.8, 4) is 5.75 Å². The normalized spacial score (nSPS) is 19.4. The molecule has 5 aromatic rings. The Kier molecular flexibility index (Phi) is 6.64. The number of anilines is 2. The first-order chi connectivity index (χ1) is 20.5. The Morgan fingerprint density at radius 1 is 0.857 bits per heavy atom. The summed E-state index contributed by atoms with van der Waals surface area (Å²) in [5.74, 6) is -1.54. The van der Waals surface area contributed by atoms with E-state index >= 15 is 0 Å². The summed E-state index contributed by atoms with van der Waals surface area (Å²) in [6, 6.07) is 29.6. The lowest BCUT2D eigenvalue weighted by Gasteiger charge is -2.29. The maximum atomic E-state index is 13.8. The number of aromatic nitrogens is 1. The topological polar surface area (TPSA) is 109 Å². The molecule has 4 aromatic carbocycles. The molecule has 7 rings (SSSR count). The van der Waals surface area contributed by atoms with Crippen LogP contribution in [0, 0.1) is 5.92 Å². The summed E-state index contributed by atoms with van der Waals surface area (Å²) in [5.41, 5.74) is 2.03. The predicted octanol–water partition coefficient (Wildman–Crippen LogP) is 5.40. The maximum absolute atomic E-state index is 13.8. The van der Waals surface area contributed by atoms with Gasteiger partial charge in [-0.1, -0.05) is 89.8 Å². The van der Waals surface area contributed by atoms with E-state index in [9.17, 15) is 19.2 Å². The Morgan fingerprint density at radius 3 is 2.40 bits per heavy atom. The van der Waals surface area contributed by atoms with E-state index in [0.717, 1.165) is 32.5 Å². The van der Waals surface area contributed by atoms with Crippen molar-refractivity contribution in [1.29, 1.82) is 0 Å². The van der Waals surface area contributed by atoms with Crippen LogP contribution in [0.3, 0.4) is 0 Å².